The molecule has 1 atom stereocenters. The molecule has 1 amide bonds. The molecule has 2 rings (SSSR count). The Kier molecular flexibility index (Phi) is 2.19. The minimum absolute atomic E-state index is 0.0669. The molecule has 82 valence electrons. The van der Waals surface area contributed by atoms with E-state index in [1.807, 2.05) is 0 Å². The lowest BCUT2D eigenvalue weighted by molar-refractivity contribution is -0.384. The van der Waals surface area contributed by atoms with Gasteiger partial charge in [-0.3, -0.25) is 19.7 Å². The number of carbonyl (C=O) groups excluding carboxylic acids is 2. The number of benzene rings is 1. The summed E-state index contributed by atoms with van der Waals surface area (Å²) in [6, 6.07) is 3.09. The monoisotopic (exact) mass is 220 g/mol. The largest absolute Gasteiger partial charge is 0.342 e. The quantitative estimate of drug-likeness (QED) is 0.562. The van der Waals surface area contributed by atoms with Crippen molar-refractivity contribution >= 4 is 17.4 Å². The van der Waals surface area contributed by atoms with Gasteiger partial charge in [0.2, 0.25) is 0 Å². The van der Waals surface area contributed by atoms with Crippen LogP contribution in [-0.4, -0.2) is 22.7 Å². The Morgan fingerprint density at radius 3 is 2.62 bits per heavy atom. The van der Waals surface area contributed by atoms with E-state index in [1.165, 1.54) is 12.1 Å². The van der Waals surface area contributed by atoms with E-state index in [1.54, 1.807) is 6.92 Å². The van der Waals surface area contributed by atoms with Gasteiger partial charge in [-0.15, -0.1) is 0 Å². The number of hydrogen-bond acceptors (Lipinski definition) is 4. The van der Waals surface area contributed by atoms with Gasteiger partial charge in [0.25, 0.3) is 11.6 Å². The fourth-order valence-electron chi connectivity index (χ4n) is 1.62. The van der Waals surface area contributed by atoms with Crippen LogP contribution in [0.5, 0.6) is 0 Å². The minimum Gasteiger partial charge on any atom is -0.342 e. The van der Waals surface area contributed by atoms with Gasteiger partial charge in [-0.05, 0) is 13.0 Å². The molecular formula is C10H8N2O4. The zero-order valence-electron chi connectivity index (χ0n) is 8.39. The first-order valence-electron chi connectivity index (χ1n) is 4.64. The van der Waals surface area contributed by atoms with E-state index in [4.69, 9.17) is 0 Å². The molecule has 6 heteroatoms. The molecule has 6 nitrogen and oxygen atoms in total. The van der Waals surface area contributed by atoms with Crippen LogP contribution in [0.15, 0.2) is 18.2 Å². The molecule has 1 heterocycles. The molecule has 1 aliphatic rings. The van der Waals surface area contributed by atoms with Crippen molar-refractivity contribution in [3.8, 4) is 0 Å². The third-order valence-electron chi connectivity index (χ3n) is 2.46. The summed E-state index contributed by atoms with van der Waals surface area (Å²) < 4.78 is 0. The zero-order chi connectivity index (χ0) is 11.9. The Hall–Kier alpha value is -2.24. The van der Waals surface area contributed by atoms with Crippen LogP contribution >= 0.6 is 0 Å². The SMILES string of the molecule is CC1NC(=O)c2cc([N+](=O)[O-])ccc2C1=O. The Morgan fingerprint density at radius 1 is 1.31 bits per heavy atom. The Labute approximate surface area is 90.4 Å². The fourth-order valence-corrected chi connectivity index (χ4v) is 1.62. The van der Waals surface area contributed by atoms with E-state index in [0.29, 0.717) is 0 Å². The number of non-ortho nitro benzene ring substituents is 1. The summed E-state index contributed by atoms with van der Waals surface area (Å²) in [5.41, 5.74) is 0.107. The number of rotatable bonds is 1. The second-order valence-corrected chi connectivity index (χ2v) is 3.55. The molecular weight excluding hydrogens is 212 g/mol. The van der Waals surface area contributed by atoms with Crippen molar-refractivity contribution in [2.45, 2.75) is 13.0 Å². The van der Waals surface area contributed by atoms with Crippen LogP contribution in [0, 0.1) is 10.1 Å². The minimum atomic E-state index is -0.601. The van der Waals surface area contributed by atoms with Gasteiger partial charge in [0.15, 0.2) is 5.78 Å². The van der Waals surface area contributed by atoms with Crippen LogP contribution in [0.3, 0.4) is 0 Å². The third-order valence-corrected chi connectivity index (χ3v) is 2.46. The van der Waals surface area contributed by atoms with Crippen LogP contribution in [0.25, 0.3) is 0 Å². The summed E-state index contributed by atoms with van der Waals surface area (Å²) in [6.45, 7) is 1.57. The molecule has 1 aliphatic heterocycles. The van der Waals surface area contributed by atoms with Crippen LogP contribution in [0.1, 0.15) is 27.6 Å². The molecule has 1 N–H and O–H groups in total. The van der Waals surface area contributed by atoms with E-state index in [-0.39, 0.29) is 22.6 Å². The molecule has 0 saturated heterocycles. The van der Waals surface area contributed by atoms with Crippen molar-refractivity contribution in [1.29, 1.82) is 0 Å². The zero-order valence-corrected chi connectivity index (χ0v) is 8.39. The molecule has 1 unspecified atom stereocenters. The topological polar surface area (TPSA) is 89.3 Å². The summed E-state index contributed by atoms with van der Waals surface area (Å²) in [6.07, 6.45) is 0. The number of nitrogens with zero attached hydrogens (tertiary/aromatic N) is 1. The lowest BCUT2D eigenvalue weighted by Crippen LogP contribution is -2.44. The number of ketones is 1. The van der Waals surface area contributed by atoms with Gasteiger partial charge in [-0.1, -0.05) is 0 Å². The first-order valence-corrected chi connectivity index (χ1v) is 4.64. The fraction of sp³-hybridized carbons (Fsp3) is 0.200. The normalized spacial score (nSPS) is 18.9. The Balaban J connectivity index is 2.59. The van der Waals surface area contributed by atoms with Gasteiger partial charge in [0, 0.05) is 17.7 Å². The molecule has 0 radical (unpaired) electrons. The summed E-state index contributed by atoms with van der Waals surface area (Å²) in [5.74, 6) is -0.685. The summed E-state index contributed by atoms with van der Waals surface area (Å²) in [7, 11) is 0. The van der Waals surface area contributed by atoms with Gasteiger partial charge in [0.05, 0.1) is 16.5 Å². The Morgan fingerprint density at radius 2 is 2.00 bits per heavy atom. The van der Waals surface area contributed by atoms with Crippen LogP contribution < -0.4 is 5.32 Å². The highest BCUT2D eigenvalue weighted by Crippen LogP contribution is 2.22. The maximum absolute atomic E-state index is 11.7. The van der Waals surface area contributed by atoms with E-state index in [0.717, 1.165) is 6.07 Å². The van der Waals surface area contributed by atoms with Gasteiger partial charge in [-0.2, -0.15) is 0 Å². The van der Waals surface area contributed by atoms with Crippen molar-refractivity contribution in [3.05, 3.63) is 39.4 Å². The van der Waals surface area contributed by atoms with Crippen LogP contribution in [0.2, 0.25) is 0 Å². The van der Waals surface area contributed by atoms with Gasteiger partial charge < -0.3 is 5.32 Å². The first-order chi connectivity index (χ1) is 7.50. The van der Waals surface area contributed by atoms with Crippen molar-refractivity contribution in [2.24, 2.45) is 0 Å². The number of carbonyl (C=O) groups is 2. The number of Topliss-reactive ketones (excluding diaryl/α,β-unsaturated/α-hetero) is 1. The molecule has 0 aliphatic carbocycles. The molecule has 0 aromatic heterocycles. The summed E-state index contributed by atoms with van der Waals surface area (Å²) >= 11 is 0. The highest BCUT2D eigenvalue weighted by atomic mass is 16.6. The van der Waals surface area contributed by atoms with Crippen molar-refractivity contribution < 1.29 is 14.5 Å². The molecule has 0 fully saturated rings. The molecule has 16 heavy (non-hydrogen) atoms. The highest BCUT2D eigenvalue weighted by molar-refractivity contribution is 6.15. The highest BCUT2D eigenvalue weighted by Gasteiger charge is 2.30. The van der Waals surface area contributed by atoms with Gasteiger partial charge >= 0.3 is 0 Å². The summed E-state index contributed by atoms with van der Waals surface area (Å²) in [5, 5.41) is 13.0. The van der Waals surface area contributed by atoms with Crippen molar-refractivity contribution in [3.63, 3.8) is 0 Å². The number of hydrogen-bond donors (Lipinski definition) is 1. The van der Waals surface area contributed by atoms with Crippen molar-refractivity contribution in [1.82, 2.24) is 5.32 Å². The van der Waals surface area contributed by atoms with Crippen molar-refractivity contribution in [2.75, 3.05) is 0 Å². The molecule has 0 spiro atoms. The third kappa shape index (κ3) is 1.44. The molecule has 1 aromatic rings. The number of fused-ring (bicyclic) bond motifs is 1. The van der Waals surface area contributed by atoms with Gasteiger partial charge in [-0.25, -0.2) is 0 Å². The lowest BCUT2D eigenvalue weighted by atomic mass is 9.94. The van der Waals surface area contributed by atoms with Gasteiger partial charge in [0.1, 0.15) is 0 Å². The predicted molar refractivity (Wildman–Crippen MR) is 54.4 cm³/mol. The maximum Gasteiger partial charge on any atom is 0.270 e. The molecule has 0 saturated carbocycles. The summed E-state index contributed by atoms with van der Waals surface area (Å²) in [4.78, 5) is 33.1. The number of nitro benzene ring substituents is 1. The van der Waals surface area contributed by atoms with E-state index in [9.17, 15) is 19.7 Å². The van der Waals surface area contributed by atoms with Crippen LogP contribution in [0.4, 0.5) is 5.69 Å². The Bertz CT molecular complexity index is 510. The molecule has 1 aromatic carbocycles. The number of amides is 1. The second-order valence-electron chi connectivity index (χ2n) is 3.55. The maximum atomic E-state index is 11.7. The van der Waals surface area contributed by atoms with Crippen LogP contribution in [-0.2, 0) is 0 Å². The van der Waals surface area contributed by atoms with E-state index >= 15 is 0 Å². The average Bonchev–Trinajstić information content (AvgIpc) is 2.25. The average molecular weight is 220 g/mol. The van der Waals surface area contributed by atoms with E-state index in [2.05, 4.69) is 5.32 Å². The molecule has 0 bridgehead atoms. The smallest absolute Gasteiger partial charge is 0.270 e. The number of nitrogens with one attached hydrogen (secondary N) is 1. The number of nitro groups is 1. The van der Waals surface area contributed by atoms with E-state index < -0.39 is 16.9 Å². The lowest BCUT2D eigenvalue weighted by Gasteiger charge is -2.20. The standard InChI is InChI=1S/C10H8N2O4/c1-5-9(13)7-3-2-6(12(15)16)4-8(7)10(14)11-5/h2-5H,1H3,(H,11,14). The predicted octanol–water partition coefficient (Wildman–Crippen LogP) is 0.909. The second kappa shape index (κ2) is 3.41. The first kappa shape index (κ1) is 10.3.